The molecular formula is C26H22ClN3O. The molecule has 0 fully saturated rings. The minimum atomic E-state index is 0.194. The van der Waals surface area contributed by atoms with Crippen LogP contribution in [0, 0.1) is 0 Å². The van der Waals surface area contributed by atoms with Crippen molar-refractivity contribution in [1.29, 1.82) is 0 Å². The molecule has 4 aromatic rings. The molecule has 31 heavy (non-hydrogen) atoms. The van der Waals surface area contributed by atoms with Crippen LogP contribution in [-0.2, 0) is 13.0 Å². The van der Waals surface area contributed by atoms with Gasteiger partial charge in [0.15, 0.2) is 0 Å². The zero-order chi connectivity index (χ0) is 21.2. The summed E-state index contributed by atoms with van der Waals surface area (Å²) >= 11 is 6.55. The Kier molecular flexibility index (Phi) is 5.31. The van der Waals surface area contributed by atoms with Crippen molar-refractivity contribution < 1.29 is 4.74 Å². The smallest absolute Gasteiger partial charge is 0.223 e. The van der Waals surface area contributed by atoms with Gasteiger partial charge in [0, 0.05) is 29.2 Å². The van der Waals surface area contributed by atoms with Gasteiger partial charge in [-0.2, -0.15) is 0 Å². The highest BCUT2D eigenvalue weighted by atomic mass is 35.5. The number of benzene rings is 3. The van der Waals surface area contributed by atoms with Crippen LogP contribution in [0.25, 0.3) is 11.3 Å². The van der Waals surface area contributed by atoms with E-state index in [0.29, 0.717) is 12.5 Å². The Bertz CT molecular complexity index is 1220. The van der Waals surface area contributed by atoms with Crippen molar-refractivity contribution in [1.82, 2.24) is 9.97 Å². The molecule has 0 spiro atoms. The third kappa shape index (κ3) is 3.87. The Morgan fingerprint density at radius 3 is 2.48 bits per heavy atom. The first-order chi connectivity index (χ1) is 15.2. The summed E-state index contributed by atoms with van der Waals surface area (Å²) in [4.78, 5) is 9.46. The second-order valence-electron chi connectivity index (χ2n) is 7.63. The van der Waals surface area contributed by atoms with Gasteiger partial charge in [-0.15, -0.1) is 0 Å². The van der Waals surface area contributed by atoms with E-state index in [4.69, 9.17) is 21.3 Å². The molecule has 5 rings (SSSR count). The summed E-state index contributed by atoms with van der Waals surface area (Å²) in [5.41, 5.74) is 6.81. The number of methoxy groups -OCH3 is 1. The molecule has 154 valence electrons. The molecule has 1 aliphatic carbocycles. The summed E-state index contributed by atoms with van der Waals surface area (Å²) in [6.07, 6.45) is 2.77. The Labute approximate surface area is 186 Å². The lowest BCUT2D eigenvalue weighted by atomic mass is 9.78. The number of nitrogens with one attached hydrogen (secondary N) is 1. The van der Waals surface area contributed by atoms with E-state index in [1.54, 1.807) is 7.11 Å². The lowest BCUT2D eigenvalue weighted by Gasteiger charge is -2.28. The second kappa shape index (κ2) is 8.40. The Balaban J connectivity index is 1.45. The van der Waals surface area contributed by atoms with E-state index in [0.717, 1.165) is 45.1 Å². The average Bonchev–Trinajstić information content (AvgIpc) is 2.83. The first kappa shape index (κ1) is 19.6. The van der Waals surface area contributed by atoms with E-state index >= 15 is 0 Å². The van der Waals surface area contributed by atoms with Crippen LogP contribution >= 0.6 is 11.6 Å². The summed E-state index contributed by atoms with van der Waals surface area (Å²) in [5.74, 6) is 1.66. The van der Waals surface area contributed by atoms with Crippen LogP contribution in [-0.4, -0.2) is 17.1 Å². The molecule has 1 unspecified atom stereocenters. The van der Waals surface area contributed by atoms with E-state index in [-0.39, 0.29) is 5.92 Å². The van der Waals surface area contributed by atoms with Crippen LogP contribution in [0.1, 0.15) is 28.2 Å². The number of halogens is 1. The molecule has 4 nitrogen and oxygen atoms in total. The van der Waals surface area contributed by atoms with E-state index in [2.05, 4.69) is 40.6 Å². The minimum absolute atomic E-state index is 0.194. The molecule has 5 heteroatoms. The molecule has 1 aromatic heterocycles. The topological polar surface area (TPSA) is 47.0 Å². The number of ether oxygens (including phenoxy) is 1. The van der Waals surface area contributed by atoms with Gasteiger partial charge in [0.2, 0.25) is 5.95 Å². The zero-order valence-electron chi connectivity index (χ0n) is 17.2. The molecule has 0 radical (unpaired) electrons. The molecule has 1 aliphatic rings. The van der Waals surface area contributed by atoms with Crippen molar-refractivity contribution in [2.24, 2.45) is 0 Å². The molecule has 3 aromatic carbocycles. The van der Waals surface area contributed by atoms with E-state index in [1.807, 2.05) is 48.7 Å². The molecule has 0 amide bonds. The maximum Gasteiger partial charge on any atom is 0.223 e. The van der Waals surface area contributed by atoms with Gasteiger partial charge in [-0.25, -0.2) is 9.97 Å². The van der Waals surface area contributed by atoms with Gasteiger partial charge < -0.3 is 10.1 Å². The van der Waals surface area contributed by atoms with E-state index < -0.39 is 0 Å². The van der Waals surface area contributed by atoms with Gasteiger partial charge in [-0.1, -0.05) is 66.2 Å². The fourth-order valence-corrected chi connectivity index (χ4v) is 4.45. The minimum Gasteiger partial charge on any atom is -0.497 e. The predicted octanol–water partition coefficient (Wildman–Crippen LogP) is 6.11. The fraction of sp³-hybridized carbons (Fsp3) is 0.154. The highest BCUT2D eigenvalue weighted by Gasteiger charge is 2.28. The van der Waals surface area contributed by atoms with Crippen molar-refractivity contribution in [3.05, 3.63) is 106 Å². The molecule has 0 aliphatic heterocycles. The fourth-order valence-electron chi connectivity index (χ4n) is 4.18. The van der Waals surface area contributed by atoms with Crippen LogP contribution in [0.3, 0.4) is 0 Å². The molecule has 1 N–H and O–H groups in total. The lowest BCUT2D eigenvalue weighted by molar-refractivity contribution is 0.414. The van der Waals surface area contributed by atoms with Gasteiger partial charge in [0.25, 0.3) is 0 Å². The van der Waals surface area contributed by atoms with Crippen LogP contribution in [0.15, 0.2) is 79.0 Å². The van der Waals surface area contributed by atoms with Crippen molar-refractivity contribution in [3.63, 3.8) is 0 Å². The Morgan fingerprint density at radius 1 is 0.968 bits per heavy atom. The highest BCUT2D eigenvalue weighted by molar-refractivity contribution is 6.31. The normalized spacial score (nSPS) is 14.5. The Morgan fingerprint density at radius 2 is 1.71 bits per heavy atom. The molecule has 1 atom stereocenters. The van der Waals surface area contributed by atoms with Gasteiger partial charge in [0.05, 0.1) is 12.8 Å². The average molecular weight is 428 g/mol. The predicted molar refractivity (Wildman–Crippen MR) is 125 cm³/mol. The summed E-state index contributed by atoms with van der Waals surface area (Å²) < 4.78 is 5.22. The van der Waals surface area contributed by atoms with Gasteiger partial charge >= 0.3 is 0 Å². The monoisotopic (exact) mass is 427 g/mol. The second-order valence-corrected chi connectivity index (χ2v) is 8.04. The van der Waals surface area contributed by atoms with Crippen LogP contribution in [0.5, 0.6) is 5.75 Å². The summed E-state index contributed by atoms with van der Waals surface area (Å²) in [6.45, 7) is 0.646. The largest absolute Gasteiger partial charge is 0.497 e. The number of nitrogens with zero attached hydrogens (tertiary/aromatic N) is 2. The number of hydrogen-bond acceptors (Lipinski definition) is 4. The van der Waals surface area contributed by atoms with Crippen molar-refractivity contribution >= 4 is 17.5 Å². The molecule has 0 bridgehead atoms. The summed E-state index contributed by atoms with van der Waals surface area (Å²) in [7, 11) is 1.67. The van der Waals surface area contributed by atoms with Crippen molar-refractivity contribution in [3.8, 4) is 17.0 Å². The third-order valence-electron chi connectivity index (χ3n) is 5.77. The van der Waals surface area contributed by atoms with Gasteiger partial charge in [-0.3, -0.25) is 0 Å². The first-order valence-electron chi connectivity index (χ1n) is 10.3. The van der Waals surface area contributed by atoms with Crippen LogP contribution in [0.2, 0.25) is 5.02 Å². The first-order valence-corrected chi connectivity index (χ1v) is 10.7. The molecule has 1 heterocycles. The molecule has 0 saturated carbocycles. The Hall–Kier alpha value is -3.37. The lowest BCUT2D eigenvalue weighted by Crippen LogP contribution is -2.15. The summed E-state index contributed by atoms with van der Waals surface area (Å²) in [6, 6.07) is 24.5. The number of aromatic nitrogens is 2. The molecular weight excluding hydrogens is 406 g/mol. The van der Waals surface area contributed by atoms with Crippen molar-refractivity contribution in [2.75, 3.05) is 12.4 Å². The molecule has 0 saturated heterocycles. The number of fused-ring (bicyclic) bond motifs is 3. The van der Waals surface area contributed by atoms with Gasteiger partial charge in [0.1, 0.15) is 5.75 Å². The van der Waals surface area contributed by atoms with Crippen LogP contribution in [0.4, 0.5) is 5.95 Å². The van der Waals surface area contributed by atoms with E-state index in [1.165, 1.54) is 5.56 Å². The van der Waals surface area contributed by atoms with E-state index in [9.17, 15) is 0 Å². The summed E-state index contributed by atoms with van der Waals surface area (Å²) in [5, 5.41) is 4.14. The van der Waals surface area contributed by atoms with Crippen LogP contribution < -0.4 is 10.1 Å². The zero-order valence-corrected chi connectivity index (χ0v) is 17.9. The SMILES string of the molecule is COc1ccc(CNc2ncc3c(n2)-c2ccccc2C(c2ccccc2Cl)C3)cc1. The highest BCUT2D eigenvalue weighted by Crippen LogP contribution is 2.43. The number of anilines is 1. The number of hydrogen-bond donors (Lipinski definition) is 1. The van der Waals surface area contributed by atoms with Gasteiger partial charge in [-0.05, 0) is 46.9 Å². The van der Waals surface area contributed by atoms with Crippen molar-refractivity contribution in [2.45, 2.75) is 18.9 Å². The maximum absolute atomic E-state index is 6.55. The maximum atomic E-state index is 6.55. The quantitative estimate of drug-likeness (QED) is 0.417. The third-order valence-corrected chi connectivity index (χ3v) is 6.11. The number of rotatable bonds is 5. The standard InChI is InChI=1S/C26H22ClN3O/c1-31-19-12-10-17(11-13-19)15-28-26-29-16-18-14-23(21-7-4-5-9-24(21)27)20-6-2-3-8-22(20)25(18)30-26/h2-13,16,23H,14-15H2,1H3,(H,28,29,30).